The SMILES string of the molecule is O=C1N(Cc2ccccc2)c2ccc(Cl)cc2[C@@]12N1CCC[C@H]1[C@@H]1CCCN1[C@]21C(=O)N(Cc2ccccc2)c2ccc(Cl)cc21. The normalized spacial score (nSPS) is 28.3. The standard InChI is InChI=1S/C38H34Cl2N4O2/c39-27-15-17-31-29(21-27)37(35(45)41(31)23-25-9-3-1-4-10-25)38(44-20-8-14-34(44)33-13-7-19-43(33)37)30-22-28(40)16-18-32(30)42(36(38)46)24-26-11-5-2-6-12-26/h1-6,9-12,15-18,21-22,33-34H,7-8,13-14,19-20,23-24H2/t33-,34-,37+,38+/m0/s1. The van der Waals surface area contributed by atoms with Crippen LogP contribution < -0.4 is 9.80 Å². The Morgan fingerprint density at radius 2 is 1.00 bits per heavy atom. The van der Waals surface area contributed by atoms with Gasteiger partial charge in [-0.3, -0.25) is 19.4 Å². The average Bonchev–Trinajstić information content (AvgIpc) is 3.84. The van der Waals surface area contributed by atoms with Crippen LogP contribution in [0.25, 0.3) is 0 Å². The van der Waals surface area contributed by atoms with E-state index >= 15 is 9.59 Å². The first-order valence-corrected chi connectivity index (χ1v) is 17.1. The molecule has 9 rings (SSSR count). The third kappa shape index (κ3) is 3.61. The van der Waals surface area contributed by atoms with Crippen molar-refractivity contribution in [2.75, 3.05) is 22.9 Å². The van der Waals surface area contributed by atoms with E-state index in [9.17, 15) is 0 Å². The molecule has 232 valence electrons. The van der Waals surface area contributed by atoms with Gasteiger partial charge in [0.1, 0.15) is 0 Å². The number of fused-ring (bicyclic) bond motifs is 10. The molecule has 8 heteroatoms. The second-order valence-electron chi connectivity index (χ2n) is 13.3. The van der Waals surface area contributed by atoms with Gasteiger partial charge < -0.3 is 9.80 Å². The minimum absolute atomic E-state index is 0.0632. The van der Waals surface area contributed by atoms with Gasteiger partial charge in [-0.1, -0.05) is 83.9 Å². The van der Waals surface area contributed by atoms with Crippen molar-refractivity contribution in [2.45, 2.75) is 61.9 Å². The van der Waals surface area contributed by atoms with Crippen molar-refractivity contribution in [1.82, 2.24) is 9.80 Å². The zero-order valence-corrected chi connectivity index (χ0v) is 26.9. The molecule has 0 radical (unpaired) electrons. The first-order chi connectivity index (χ1) is 22.5. The van der Waals surface area contributed by atoms with Crippen LogP contribution in [0.1, 0.15) is 47.9 Å². The molecule has 4 aromatic carbocycles. The summed E-state index contributed by atoms with van der Waals surface area (Å²) >= 11 is 13.7. The lowest BCUT2D eigenvalue weighted by molar-refractivity contribution is -0.180. The van der Waals surface area contributed by atoms with Gasteiger partial charge in [-0.15, -0.1) is 0 Å². The Morgan fingerprint density at radius 1 is 0.587 bits per heavy atom. The number of anilines is 2. The van der Waals surface area contributed by atoms with E-state index in [-0.39, 0.29) is 23.9 Å². The molecule has 0 N–H and O–H groups in total. The van der Waals surface area contributed by atoms with Crippen molar-refractivity contribution >= 4 is 46.4 Å². The van der Waals surface area contributed by atoms with E-state index in [0.29, 0.717) is 23.1 Å². The second kappa shape index (κ2) is 10.4. The van der Waals surface area contributed by atoms with Crippen LogP contribution in [-0.2, 0) is 33.8 Å². The highest BCUT2D eigenvalue weighted by Gasteiger charge is 2.80. The quantitative estimate of drug-likeness (QED) is 0.236. The number of hydrogen-bond acceptors (Lipinski definition) is 4. The second-order valence-corrected chi connectivity index (χ2v) is 14.2. The molecule has 3 fully saturated rings. The maximum absolute atomic E-state index is 15.9. The Labute approximate surface area is 279 Å². The third-order valence-corrected chi connectivity index (χ3v) is 11.7. The lowest BCUT2D eigenvalue weighted by Gasteiger charge is -2.61. The molecule has 2 amide bonds. The van der Waals surface area contributed by atoms with Crippen LogP contribution in [0.15, 0.2) is 97.1 Å². The molecule has 4 atom stereocenters. The van der Waals surface area contributed by atoms with E-state index in [1.165, 1.54) is 0 Å². The lowest BCUT2D eigenvalue weighted by atomic mass is 9.64. The molecule has 5 aliphatic rings. The molecule has 0 aromatic heterocycles. The fourth-order valence-corrected chi connectivity index (χ4v) is 9.98. The van der Waals surface area contributed by atoms with Gasteiger partial charge >= 0.3 is 0 Å². The molecular formula is C38H34Cl2N4O2. The number of piperazine rings is 1. The van der Waals surface area contributed by atoms with E-state index in [1.54, 1.807) is 0 Å². The molecule has 6 nitrogen and oxygen atoms in total. The van der Waals surface area contributed by atoms with Gasteiger partial charge in [0.25, 0.3) is 11.8 Å². The van der Waals surface area contributed by atoms with Gasteiger partial charge in [-0.2, -0.15) is 0 Å². The smallest absolute Gasteiger partial charge is 0.255 e. The van der Waals surface area contributed by atoms with Crippen LogP contribution in [-0.4, -0.2) is 46.8 Å². The molecule has 5 heterocycles. The molecule has 0 saturated carbocycles. The summed E-state index contributed by atoms with van der Waals surface area (Å²) in [7, 11) is 0. The summed E-state index contributed by atoms with van der Waals surface area (Å²) in [5.41, 5.74) is 2.68. The van der Waals surface area contributed by atoms with Crippen LogP contribution in [0, 0.1) is 0 Å². The first-order valence-electron chi connectivity index (χ1n) is 16.3. The Morgan fingerprint density at radius 3 is 1.41 bits per heavy atom. The molecule has 4 aromatic rings. The maximum atomic E-state index is 15.9. The highest BCUT2D eigenvalue weighted by Crippen LogP contribution is 2.67. The molecule has 3 saturated heterocycles. The van der Waals surface area contributed by atoms with E-state index in [0.717, 1.165) is 72.4 Å². The van der Waals surface area contributed by atoms with Gasteiger partial charge in [0.2, 0.25) is 0 Å². The molecule has 0 bridgehead atoms. The Kier molecular flexibility index (Phi) is 6.46. The van der Waals surface area contributed by atoms with Crippen molar-refractivity contribution in [3.63, 3.8) is 0 Å². The van der Waals surface area contributed by atoms with Gasteiger partial charge in [0.15, 0.2) is 11.1 Å². The van der Waals surface area contributed by atoms with E-state index in [2.05, 4.69) is 34.1 Å². The van der Waals surface area contributed by atoms with Crippen molar-refractivity contribution in [1.29, 1.82) is 0 Å². The van der Waals surface area contributed by atoms with Crippen LogP contribution >= 0.6 is 23.2 Å². The van der Waals surface area contributed by atoms with Crippen molar-refractivity contribution in [3.8, 4) is 0 Å². The topological polar surface area (TPSA) is 47.1 Å². The number of hydrogen-bond donors (Lipinski definition) is 0. The number of halogens is 2. The van der Waals surface area contributed by atoms with E-state index in [4.69, 9.17) is 23.2 Å². The summed E-state index contributed by atoms with van der Waals surface area (Å²) in [5, 5.41) is 1.11. The third-order valence-electron chi connectivity index (χ3n) is 11.2. The molecule has 0 unspecified atom stereocenters. The summed E-state index contributed by atoms with van der Waals surface area (Å²) in [4.78, 5) is 40.4. The number of benzene rings is 4. The average molecular weight is 650 g/mol. The zero-order chi connectivity index (χ0) is 31.2. The lowest BCUT2D eigenvalue weighted by Crippen LogP contribution is -2.80. The van der Waals surface area contributed by atoms with Crippen molar-refractivity contribution in [2.24, 2.45) is 0 Å². The summed E-state index contributed by atoms with van der Waals surface area (Å²) in [6.45, 7) is 2.27. The highest BCUT2D eigenvalue weighted by atomic mass is 35.5. The number of carbonyl (C=O) groups excluding carboxylic acids is 2. The number of amides is 2. The van der Waals surface area contributed by atoms with Crippen molar-refractivity contribution < 1.29 is 9.59 Å². The monoisotopic (exact) mass is 648 g/mol. The first kappa shape index (κ1) is 28.5. The Bertz CT molecular complexity index is 1750. The molecule has 0 aliphatic carbocycles. The van der Waals surface area contributed by atoms with Gasteiger partial charge in [-0.05, 0) is 73.2 Å². The van der Waals surface area contributed by atoms with Gasteiger partial charge in [-0.25, -0.2) is 0 Å². The van der Waals surface area contributed by atoms with Gasteiger partial charge in [0, 0.05) is 57.7 Å². The molecular weight excluding hydrogens is 615 g/mol. The van der Waals surface area contributed by atoms with E-state index < -0.39 is 11.1 Å². The summed E-state index contributed by atoms with van der Waals surface area (Å²) in [6, 6.07) is 32.1. The largest absolute Gasteiger partial charge is 0.306 e. The Balaban J connectivity index is 1.35. The highest BCUT2D eigenvalue weighted by molar-refractivity contribution is 6.32. The van der Waals surface area contributed by atoms with Crippen molar-refractivity contribution in [3.05, 3.63) is 129 Å². The fourth-order valence-electron chi connectivity index (χ4n) is 9.64. The minimum Gasteiger partial charge on any atom is -0.306 e. The van der Waals surface area contributed by atoms with Crippen LogP contribution in [0.5, 0.6) is 0 Å². The Hall–Kier alpha value is -3.68. The summed E-state index contributed by atoms with van der Waals surface area (Å²) in [6.07, 6.45) is 3.93. The summed E-state index contributed by atoms with van der Waals surface area (Å²) in [5.74, 6) is -0.126. The number of carbonyl (C=O) groups is 2. The van der Waals surface area contributed by atoms with Crippen LogP contribution in [0.4, 0.5) is 11.4 Å². The fraction of sp³-hybridized carbons (Fsp3) is 0.316. The zero-order valence-electron chi connectivity index (χ0n) is 25.4. The molecule has 46 heavy (non-hydrogen) atoms. The minimum atomic E-state index is -1.33. The van der Waals surface area contributed by atoms with Crippen LogP contribution in [0.3, 0.4) is 0 Å². The van der Waals surface area contributed by atoms with Crippen LogP contribution in [0.2, 0.25) is 10.0 Å². The predicted molar refractivity (Wildman–Crippen MR) is 181 cm³/mol. The van der Waals surface area contributed by atoms with E-state index in [1.807, 2.05) is 82.6 Å². The number of rotatable bonds is 4. The maximum Gasteiger partial charge on any atom is 0.255 e. The number of nitrogens with zero attached hydrogens (tertiary/aromatic N) is 4. The summed E-state index contributed by atoms with van der Waals surface area (Å²) < 4.78 is 0. The predicted octanol–water partition coefficient (Wildman–Crippen LogP) is 7.12. The molecule has 2 spiro atoms. The van der Waals surface area contributed by atoms with Gasteiger partial charge in [0.05, 0.1) is 13.1 Å². The molecule has 5 aliphatic heterocycles.